The number of allylic oxidation sites excluding steroid dienone is 1. The second-order valence-electron chi connectivity index (χ2n) is 9.48. The van der Waals surface area contributed by atoms with Crippen LogP contribution < -0.4 is 0 Å². The van der Waals surface area contributed by atoms with E-state index in [4.69, 9.17) is 0 Å². The predicted molar refractivity (Wildman–Crippen MR) is 92.9 cm³/mol. The van der Waals surface area contributed by atoms with Gasteiger partial charge in [0.1, 0.15) is 0 Å². The minimum absolute atomic E-state index is 0.159. The molecule has 0 radical (unpaired) electrons. The van der Waals surface area contributed by atoms with Crippen LogP contribution in [-0.4, -0.2) is 21.9 Å². The van der Waals surface area contributed by atoms with Crippen molar-refractivity contribution in [2.24, 2.45) is 28.6 Å². The zero-order valence-electron chi connectivity index (χ0n) is 15.1. The Bertz CT molecular complexity index is 607. The van der Waals surface area contributed by atoms with Crippen molar-refractivity contribution in [3.63, 3.8) is 0 Å². The quantitative estimate of drug-likeness (QED) is 0.522. The summed E-state index contributed by atoms with van der Waals surface area (Å²) in [5.41, 5.74) is 0.314. The van der Waals surface area contributed by atoms with E-state index in [1.807, 2.05) is 0 Å². The number of rotatable bonds is 0. The van der Waals surface area contributed by atoms with Crippen molar-refractivity contribution in [3.8, 4) is 6.07 Å². The second kappa shape index (κ2) is 5.32. The minimum Gasteiger partial charge on any atom is -0.393 e. The highest BCUT2D eigenvalue weighted by Gasteiger charge is 2.62. The molecule has 0 aromatic rings. The van der Waals surface area contributed by atoms with Crippen molar-refractivity contribution in [2.75, 3.05) is 0 Å². The van der Waals surface area contributed by atoms with Crippen LogP contribution in [0.1, 0.15) is 71.6 Å². The molecule has 24 heavy (non-hydrogen) atoms. The Morgan fingerprint density at radius 2 is 1.92 bits per heavy atom. The van der Waals surface area contributed by atoms with E-state index in [1.165, 1.54) is 5.57 Å². The van der Waals surface area contributed by atoms with Gasteiger partial charge >= 0.3 is 0 Å². The van der Waals surface area contributed by atoms with E-state index in [0.29, 0.717) is 24.2 Å². The third kappa shape index (κ3) is 2.02. The molecule has 0 aromatic heterocycles. The van der Waals surface area contributed by atoms with Crippen LogP contribution in [0.15, 0.2) is 11.6 Å². The van der Waals surface area contributed by atoms with Crippen LogP contribution in [0.5, 0.6) is 0 Å². The van der Waals surface area contributed by atoms with E-state index < -0.39 is 5.60 Å². The fraction of sp³-hybridized carbons (Fsp3) is 0.857. The molecule has 4 aliphatic rings. The Labute approximate surface area is 145 Å². The maximum Gasteiger partial charge on any atom is 0.156 e. The standard InChI is InChI=1S/C21H31NO2/c1-19-10-7-15(23)12-14(19)5-6-16-17(19)8-11-20(2)18(16)4-3-9-21(20,24)13-22/h5,15-18,23-24H,3-4,6-12H2,1-2H3/t15-,16-,17+,18-,19-,20-,21+/m1/s1. The molecule has 0 unspecified atom stereocenters. The molecule has 3 heteroatoms. The number of nitriles is 1. The largest absolute Gasteiger partial charge is 0.393 e. The first-order valence-corrected chi connectivity index (χ1v) is 9.85. The van der Waals surface area contributed by atoms with E-state index in [-0.39, 0.29) is 16.9 Å². The van der Waals surface area contributed by atoms with Crippen LogP contribution in [-0.2, 0) is 0 Å². The maximum absolute atomic E-state index is 11.0. The molecule has 0 aromatic carbocycles. The Balaban J connectivity index is 1.70. The van der Waals surface area contributed by atoms with Gasteiger partial charge in [-0.15, -0.1) is 0 Å². The van der Waals surface area contributed by atoms with Gasteiger partial charge in [0.05, 0.1) is 12.2 Å². The number of nitrogens with zero attached hydrogens (tertiary/aromatic N) is 1. The molecule has 0 spiro atoms. The molecule has 0 saturated heterocycles. The highest BCUT2D eigenvalue weighted by molar-refractivity contribution is 5.27. The van der Waals surface area contributed by atoms with Gasteiger partial charge in [-0.25, -0.2) is 0 Å². The van der Waals surface area contributed by atoms with Crippen molar-refractivity contribution in [1.82, 2.24) is 0 Å². The molecule has 0 heterocycles. The predicted octanol–water partition coefficient (Wildman–Crippen LogP) is 3.95. The van der Waals surface area contributed by atoms with Gasteiger partial charge in [0.2, 0.25) is 0 Å². The Morgan fingerprint density at radius 3 is 2.67 bits per heavy atom. The van der Waals surface area contributed by atoms with Gasteiger partial charge in [0.25, 0.3) is 0 Å². The lowest BCUT2D eigenvalue weighted by molar-refractivity contribution is -0.160. The summed E-state index contributed by atoms with van der Waals surface area (Å²) in [5, 5.41) is 30.8. The number of aliphatic hydroxyl groups excluding tert-OH is 1. The number of aliphatic hydroxyl groups is 2. The highest BCUT2D eigenvalue weighted by atomic mass is 16.3. The molecule has 4 aliphatic carbocycles. The van der Waals surface area contributed by atoms with Crippen LogP contribution in [0, 0.1) is 39.9 Å². The smallest absolute Gasteiger partial charge is 0.156 e. The van der Waals surface area contributed by atoms with Gasteiger partial charge < -0.3 is 10.2 Å². The lowest BCUT2D eigenvalue weighted by Gasteiger charge is -2.62. The second-order valence-corrected chi connectivity index (χ2v) is 9.48. The summed E-state index contributed by atoms with van der Waals surface area (Å²) in [6.45, 7) is 4.60. The molecule has 0 amide bonds. The van der Waals surface area contributed by atoms with Crippen molar-refractivity contribution < 1.29 is 10.2 Å². The summed E-state index contributed by atoms with van der Waals surface area (Å²) in [6, 6.07) is 2.29. The Kier molecular flexibility index (Phi) is 3.68. The van der Waals surface area contributed by atoms with Crippen molar-refractivity contribution in [3.05, 3.63) is 11.6 Å². The van der Waals surface area contributed by atoms with E-state index in [2.05, 4.69) is 26.0 Å². The van der Waals surface area contributed by atoms with E-state index in [1.54, 1.807) is 0 Å². The van der Waals surface area contributed by atoms with Crippen LogP contribution in [0.2, 0.25) is 0 Å². The van der Waals surface area contributed by atoms with Crippen molar-refractivity contribution >= 4 is 0 Å². The number of fused-ring (bicyclic) bond motifs is 5. The summed E-state index contributed by atoms with van der Waals surface area (Å²) < 4.78 is 0. The molecule has 3 saturated carbocycles. The average molecular weight is 329 g/mol. The molecule has 7 atom stereocenters. The molecule has 3 fully saturated rings. The van der Waals surface area contributed by atoms with Gasteiger partial charge in [-0.3, -0.25) is 0 Å². The van der Waals surface area contributed by atoms with E-state index in [9.17, 15) is 15.5 Å². The molecular weight excluding hydrogens is 298 g/mol. The number of hydrogen-bond donors (Lipinski definition) is 2. The minimum atomic E-state index is -1.14. The highest BCUT2D eigenvalue weighted by Crippen LogP contribution is 2.65. The molecule has 132 valence electrons. The number of hydrogen-bond acceptors (Lipinski definition) is 3. The van der Waals surface area contributed by atoms with Gasteiger partial charge in [-0.1, -0.05) is 25.5 Å². The lowest BCUT2D eigenvalue weighted by atomic mass is 9.43. The first-order valence-electron chi connectivity index (χ1n) is 9.85. The van der Waals surface area contributed by atoms with Gasteiger partial charge in [0.15, 0.2) is 5.60 Å². The topological polar surface area (TPSA) is 64.2 Å². The van der Waals surface area contributed by atoms with Crippen LogP contribution in [0.4, 0.5) is 0 Å². The average Bonchev–Trinajstić information content (AvgIpc) is 2.56. The van der Waals surface area contributed by atoms with Crippen molar-refractivity contribution in [2.45, 2.75) is 83.3 Å². The monoisotopic (exact) mass is 329 g/mol. The summed E-state index contributed by atoms with van der Waals surface area (Å²) in [6.07, 6.45) is 11.0. The molecule has 3 nitrogen and oxygen atoms in total. The summed E-state index contributed by atoms with van der Waals surface area (Å²) in [4.78, 5) is 0. The molecule has 0 aliphatic heterocycles. The fourth-order valence-corrected chi connectivity index (χ4v) is 7.05. The molecular formula is C21H31NO2. The van der Waals surface area contributed by atoms with Gasteiger partial charge in [0, 0.05) is 5.41 Å². The fourth-order valence-electron chi connectivity index (χ4n) is 7.05. The Hall–Kier alpha value is -0.850. The lowest BCUT2D eigenvalue weighted by Crippen LogP contribution is -2.60. The van der Waals surface area contributed by atoms with E-state index in [0.717, 1.165) is 51.4 Å². The Morgan fingerprint density at radius 1 is 1.12 bits per heavy atom. The SMILES string of the molecule is C[C@@]12CC[C@@H](O)CC1=CC[C@H]1[C@H]3CCC[C@](O)(C#N)[C@]3(C)CC[C@@H]12. The van der Waals surface area contributed by atoms with Crippen LogP contribution >= 0.6 is 0 Å². The zero-order chi connectivity index (χ0) is 17.2. The first-order chi connectivity index (χ1) is 11.3. The van der Waals surface area contributed by atoms with Gasteiger partial charge in [-0.05, 0) is 81.0 Å². The van der Waals surface area contributed by atoms with Crippen LogP contribution in [0.25, 0.3) is 0 Å². The normalized spacial score (nSPS) is 53.9. The summed E-state index contributed by atoms with van der Waals surface area (Å²) in [5.74, 6) is 1.70. The maximum atomic E-state index is 11.0. The van der Waals surface area contributed by atoms with Crippen molar-refractivity contribution in [1.29, 1.82) is 5.26 Å². The van der Waals surface area contributed by atoms with Gasteiger partial charge in [-0.2, -0.15) is 5.26 Å². The van der Waals surface area contributed by atoms with Crippen LogP contribution in [0.3, 0.4) is 0 Å². The zero-order valence-corrected chi connectivity index (χ0v) is 15.1. The molecule has 4 rings (SSSR count). The summed E-state index contributed by atoms with van der Waals surface area (Å²) >= 11 is 0. The third-order valence-corrected chi connectivity index (χ3v) is 8.65. The molecule has 2 N–H and O–H groups in total. The molecule has 0 bridgehead atoms. The summed E-state index contributed by atoms with van der Waals surface area (Å²) in [7, 11) is 0. The first kappa shape index (κ1) is 16.6. The third-order valence-electron chi connectivity index (χ3n) is 8.65. The van der Waals surface area contributed by atoms with E-state index >= 15 is 0 Å².